The summed E-state index contributed by atoms with van der Waals surface area (Å²) in [7, 11) is 7.97. The predicted octanol–water partition coefficient (Wildman–Crippen LogP) is 25.7. The Morgan fingerprint density at radius 3 is 0.933 bits per heavy atom. The number of Topliss-reactive ketones (excluding diaryl/α,β-unsaturated/α-hetero) is 1. The Morgan fingerprint density at radius 1 is 0.400 bits per heavy atom. The molecule has 5 unspecified atom stereocenters. The summed E-state index contributed by atoms with van der Waals surface area (Å²) in [5, 5.41) is 44.9. The van der Waals surface area contributed by atoms with Crippen LogP contribution in [0.2, 0.25) is 0 Å². The number of carboxylic acids is 1. The maximum absolute atomic E-state index is 11.0. The number of allylic oxidation sites excluding steroid dienone is 1. The second kappa shape index (κ2) is 57.3. The lowest BCUT2D eigenvalue weighted by Gasteiger charge is -2.40. The number of carboxylic acid groups (broad SMARTS) is 1. The lowest BCUT2D eigenvalue weighted by Crippen LogP contribution is -2.39. The molecule has 6 N–H and O–H groups in total. The quantitative estimate of drug-likeness (QED) is 0.0108. The Bertz CT molecular complexity index is 5970. The van der Waals surface area contributed by atoms with Crippen molar-refractivity contribution in [2.45, 2.75) is 160 Å². The number of aliphatic carboxylic acids is 1. The molecule has 9 aromatic rings. The molecule has 0 aliphatic carbocycles. The number of aryl methyl sites for hydroxylation is 4. The van der Waals surface area contributed by atoms with Crippen molar-refractivity contribution in [1.29, 1.82) is 0 Å². The van der Waals surface area contributed by atoms with Gasteiger partial charge in [-0.15, -0.1) is 0 Å². The third kappa shape index (κ3) is 36.8. The average molecular weight is 2310 g/mol. The molecule has 9 aromatic carbocycles. The van der Waals surface area contributed by atoms with Crippen molar-refractivity contribution in [2.75, 3.05) is 21.3 Å². The highest BCUT2D eigenvalue weighted by atomic mass is 33.7. The predicted molar refractivity (Wildman–Crippen MR) is 632 cm³/mol. The van der Waals surface area contributed by atoms with E-state index in [9.17, 15) is 43.8 Å². The number of rotatable bonds is 24. The van der Waals surface area contributed by atoms with Crippen LogP contribution in [0.5, 0.6) is 11.5 Å². The number of hydrogen-bond donors (Lipinski definition) is 6. The van der Waals surface area contributed by atoms with Crippen LogP contribution in [0, 0.1) is 27.7 Å². The number of carbonyl (C=O) groups is 7. The Kier molecular flexibility index (Phi) is 51.4. The highest BCUT2D eigenvalue weighted by Gasteiger charge is 2.49. The zero-order valence-electron chi connectivity index (χ0n) is 77.6. The molecule has 0 spiro atoms. The van der Waals surface area contributed by atoms with Crippen LogP contribution < -0.4 is 67.9 Å². The third-order valence-electron chi connectivity index (χ3n) is 18.8. The summed E-state index contributed by atoms with van der Waals surface area (Å²) < 4.78 is 6.40. The average Bonchev–Trinajstić information content (AvgIpc) is 1.20. The van der Waals surface area contributed by atoms with Gasteiger partial charge in [-0.3, -0.25) is 24.0 Å². The van der Waals surface area contributed by atoms with Crippen molar-refractivity contribution >= 4 is 328 Å². The Labute approximate surface area is 876 Å². The van der Waals surface area contributed by atoms with Gasteiger partial charge in [0.2, 0.25) is 17.7 Å². The van der Waals surface area contributed by atoms with Crippen molar-refractivity contribution in [3.63, 3.8) is 0 Å². The largest absolute Gasteiger partial charge is 0.497 e. The van der Waals surface area contributed by atoms with Gasteiger partial charge in [0.05, 0.1) is 61.9 Å². The summed E-state index contributed by atoms with van der Waals surface area (Å²) in [5.74, 6) is -0.855. The van der Waals surface area contributed by atoms with E-state index in [1.54, 1.807) is 68.5 Å². The summed E-state index contributed by atoms with van der Waals surface area (Å²) in [6.45, 7) is 30.7. The zero-order chi connectivity index (χ0) is 101. The van der Waals surface area contributed by atoms with E-state index in [0.717, 1.165) is 32.4 Å². The van der Waals surface area contributed by atoms with Crippen LogP contribution in [0.3, 0.4) is 0 Å². The second-order valence-corrected chi connectivity index (χ2v) is 117. The number of ketones is 1. The molecule has 0 bridgehead atoms. The second-order valence-electron chi connectivity index (χ2n) is 29.4. The van der Waals surface area contributed by atoms with Crippen LogP contribution in [-0.2, 0) is 137 Å². The number of benzene rings is 9. The van der Waals surface area contributed by atoms with Crippen LogP contribution >= 0.6 is 145 Å². The normalized spacial score (nSPS) is 22.7. The number of carbonyl (C=O) groups excluding carboxylic acids is 6. The van der Waals surface area contributed by atoms with Gasteiger partial charge >= 0.3 is 17.9 Å². The van der Waals surface area contributed by atoms with Crippen molar-refractivity contribution in [2.24, 2.45) is 0 Å². The number of aliphatic hydroxyl groups excluding tert-OH is 2. The lowest BCUT2D eigenvalue weighted by atomic mass is 10.1. The molecule has 3 amide bonds. The van der Waals surface area contributed by atoms with E-state index >= 15 is 0 Å². The molecule has 5 heterocycles. The SMILES string of the molecule is C=C1C=C(c2ccccc2)SS1.CC.CC(=O)Oc1ccc(P2(=S)SP(=S)(c3ccc(C)cc3)S2)cc1.CCC(=O)NC(CC)C(=O)O.CCC(NC(C)=O)C(=O)OC.CCC(NC(C)=O)C(C)=O.COC(O)c1ccc(P2(=S)SP(=S)(c3ccc(C)cc3)S2)cc1.COc1ccc(P2(=S)SP(=S)(c3ccc(C)cc3)S2)cc1.Cc1ccc(P2(=S)SP(=S)(c3ccc(C(C)O)cc3)S2)cc1. The standard InChI is InChI=1S/C15H16O2P2S4.C15H14O2P2S4.C15H16OP2S4.C14H14OP2S4.C10H8S2.2C7H13NO3.C7H13NO2.C2H6/c1-11-3-7-13(8-4-11)18(20)22-19(21,23-18)14-9-5-12(6-10-14)15(16)17-2;1-11-3-7-14(8-4-11)18(20)22-19(21,23-18)15-9-5-13(6-10-15)17-12(2)16;1-11-3-7-14(8-4-11)17(19)21-18(20,22-17)15-9-5-13(6-10-15)12(2)16;1-11-3-7-13(8-4-11)16(18)20-17(19,21-16)14-9-5-12(15-2)6-10-14;1-8-7-10(12-11-8)9-5-3-2-4-6-9;1-4-6(7(10)11-3)8-5(2)9;1-3-5(7(10)11)8-6(9)4-2;1-4-7(5(2)9)8-6(3)10;1-2/h3-10,15-16H,1-2H3;3-10H,1-2H3;3-10,12,16H,1-2H3;3-10H,1-2H3;2-7H,1H2;6H,4H2,1-3H3,(H,8,9);5H,3-4H2,1-2H3,(H,8,9)(H,10,11);7H,4H2,1-3H3,(H,8,10);1-2H3. The minimum Gasteiger partial charge on any atom is -0.497 e. The first-order valence-corrected chi connectivity index (χ1v) is 82.7. The molecule has 5 aliphatic rings. The maximum atomic E-state index is 11.0. The van der Waals surface area contributed by atoms with Crippen LogP contribution in [0.4, 0.5) is 0 Å². The van der Waals surface area contributed by atoms with Gasteiger partial charge in [-0.2, -0.15) is 0 Å². The van der Waals surface area contributed by atoms with E-state index in [1.165, 1.54) is 106 Å². The molecule has 135 heavy (non-hydrogen) atoms. The number of methoxy groups -OCH3 is 3. The molecule has 17 nitrogen and oxygen atoms in total. The topological polar surface area (TPSA) is 253 Å². The first-order chi connectivity index (χ1) is 63.6. The van der Waals surface area contributed by atoms with Gasteiger partial charge in [0.1, 0.15) is 23.6 Å². The molecular formula is C92H113N3O14P8S18. The molecule has 4 fully saturated rings. The van der Waals surface area contributed by atoms with Crippen molar-refractivity contribution < 1.29 is 67.8 Å². The summed E-state index contributed by atoms with van der Waals surface area (Å²) in [4.78, 5) is 77.0. The molecule has 0 saturated carbocycles. The van der Waals surface area contributed by atoms with Gasteiger partial charge in [-0.25, -0.2) is 9.59 Å². The summed E-state index contributed by atoms with van der Waals surface area (Å²) in [6, 6.07) is 74.6. The molecule has 0 radical (unpaired) electrons. The Balaban J connectivity index is 0.000000241. The van der Waals surface area contributed by atoms with E-state index in [1.807, 2.05) is 176 Å². The van der Waals surface area contributed by atoms with Gasteiger partial charge in [0, 0.05) is 92.1 Å². The fourth-order valence-corrected chi connectivity index (χ4v) is 183. The number of esters is 2. The maximum Gasteiger partial charge on any atom is 0.328 e. The monoisotopic (exact) mass is 2310 g/mol. The zero-order valence-corrected chi connectivity index (χ0v) is 99.5. The van der Waals surface area contributed by atoms with Crippen LogP contribution in [0.1, 0.15) is 153 Å². The molecule has 0 aromatic heterocycles. The van der Waals surface area contributed by atoms with Gasteiger partial charge in [-0.1, -0.05) is 450 Å². The van der Waals surface area contributed by atoms with Gasteiger partial charge in [0.15, 0.2) is 12.1 Å². The smallest absolute Gasteiger partial charge is 0.328 e. The highest BCUT2D eigenvalue weighted by Crippen LogP contribution is 3.06. The molecule has 4 saturated heterocycles. The number of aliphatic hydroxyl groups is 2. The van der Waals surface area contributed by atoms with Crippen molar-refractivity contribution in [3.05, 3.63) is 281 Å². The van der Waals surface area contributed by atoms with E-state index in [-0.39, 0.29) is 35.5 Å². The third-order valence-corrected chi connectivity index (χ3v) is 146. The molecule has 43 heteroatoms. The number of ether oxygens (including phenoxy) is 4. The lowest BCUT2D eigenvalue weighted by molar-refractivity contribution is -0.145. The first-order valence-electron chi connectivity index (χ1n) is 41.9. The van der Waals surface area contributed by atoms with Crippen LogP contribution in [-0.4, -0.2) is 96.2 Å². The van der Waals surface area contributed by atoms with Crippen molar-refractivity contribution in [1.82, 2.24) is 16.0 Å². The minimum atomic E-state index is -1.73. The van der Waals surface area contributed by atoms with Gasteiger partial charge in [-0.05, 0) is 127 Å². The summed E-state index contributed by atoms with van der Waals surface area (Å²) >= 11 is 62.0. The van der Waals surface area contributed by atoms with E-state index in [2.05, 4.69) is 207 Å². The highest BCUT2D eigenvalue weighted by molar-refractivity contribution is 9.50. The molecule has 5 atom stereocenters. The number of amides is 3. The minimum absolute atomic E-state index is 0.0118. The van der Waals surface area contributed by atoms with E-state index < -0.39 is 71.9 Å². The van der Waals surface area contributed by atoms with Crippen LogP contribution in [0.25, 0.3) is 4.91 Å². The van der Waals surface area contributed by atoms with E-state index in [0.29, 0.717) is 31.4 Å². The summed E-state index contributed by atoms with van der Waals surface area (Å²) in [6.07, 6.45) is 2.76. The Hall–Kier alpha value is -2.67. The van der Waals surface area contributed by atoms with E-state index in [4.69, 9.17) is 114 Å². The van der Waals surface area contributed by atoms with Gasteiger partial charge in [0.25, 0.3) is 0 Å². The molecule has 728 valence electrons. The fourth-order valence-electron chi connectivity index (χ4n) is 11.5. The van der Waals surface area contributed by atoms with Crippen LogP contribution in [0.15, 0.2) is 242 Å². The Morgan fingerprint density at radius 2 is 0.696 bits per heavy atom. The molecule has 14 rings (SSSR count). The van der Waals surface area contributed by atoms with Gasteiger partial charge < -0.3 is 50.2 Å². The number of nitrogens with one attached hydrogen (secondary N) is 3. The first kappa shape index (κ1) is 121. The fraction of sp³-hybridized carbons (Fsp3) is 0.293. The summed E-state index contributed by atoms with van der Waals surface area (Å²) in [5.41, 5.74) is 7.97. The number of hydrogen-bond acceptors (Lipinski definition) is 31. The molecule has 5 aliphatic heterocycles. The van der Waals surface area contributed by atoms with Crippen molar-refractivity contribution in [3.8, 4) is 11.5 Å². The molecular weight excluding hydrogens is 2200 g/mol.